The largest absolute Gasteiger partial charge is 0.496 e. The molecule has 0 aliphatic rings. The fourth-order valence-corrected chi connectivity index (χ4v) is 3.32. The van der Waals surface area contributed by atoms with Gasteiger partial charge in [0.2, 0.25) is 5.91 Å². The molecule has 1 heterocycles. The summed E-state index contributed by atoms with van der Waals surface area (Å²) in [6.07, 6.45) is 0. The first kappa shape index (κ1) is 18.5. The Morgan fingerprint density at radius 1 is 1.27 bits per heavy atom. The Bertz CT molecular complexity index is 930. The minimum Gasteiger partial charge on any atom is -0.496 e. The smallest absolute Gasteiger partial charge is 0.277 e. The Hall–Kier alpha value is -2.32. The van der Waals surface area contributed by atoms with E-state index in [1.54, 1.807) is 7.11 Å². The van der Waals surface area contributed by atoms with E-state index in [1.165, 1.54) is 11.8 Å². The van der Waals surface area contributed by atoms with E-state index in [9.17, 15) is 4.79 Å². The first-order chi connectivity index (χ1) is 12.6. The van der Waals surface area contributed by atoms with Crippen molar-refractivity contribution in [2.45, 2.75) is 12.1 Å². The van der Waals surface area contributed by atoms with Crippen molar-refractivity contribution in [3.05, 3.63) is 52.5 Å². The molecular weight excluding hydrogens is 418 g/mol. The van der Waals surface area contributed by atoms with Gasteiger partial charge < -0.3 is 14.5 Å². The van der Waals surface area contributed by atoms with Gasteiger partial charge in [-0.1, -0.05) is 39.8 Å². The number of hydrogen-bond donors (Lipinski definition) is 1. The van der Waals surface area contributed by atoms with Gasteiger partial charge in [0.1, 0.15) is 5.75 Å². The predicted octanol–water partition coefficient (Wildman–Crippen LogP) is 4.55. The normalized spacial score (nSPS) is 10.6. The average molecular weight is 434 g/mol. The van der Waals surface area contributed by atoms with Crippen LogP contribution in [0.3, 0.4) is 0 Å². The lowest BCUT2D eigenvalue weighted by Crippen LogP contribution is -2.14. The zero-order chi connectivity index (χ0) is 18.5. The fourth-order valence-electron chi connectivity index (χ4n) is 2.28. The van der Waals surface area contributed by atoms with E-state index in [2.05, 4.69) is 31.4 Å². The van der Waals surface area contributed by atoms with Crippen LogP contribution in [0.4, 0.5) is 5.69 Å². The highest BCUT2D eigenvalue weighted by molar-refractivity contribution is 9.10. The number of halogens is 1. The number of nitrogens with zero attached hydrogens (tertiary/aromatic N) is 2. The molecule has 134 valence electrons. The SMILES string of the molecule is COc1ccccc1-c1nnc(SCC(=O)Nc2ccc(Br)cc2C)o1. The lowest BCUT2D eigenvalue weighted by Gasteiger charge is -2.07. The minimum atomic E-state index is -0.141. The molecule has 0 aliphatic carbocycles. The van der Waals surface area contributed by atoms with Crippen molar-refractivity contribution in [1.29, 1.82) is 0 Å². The van der Waals surface area contributed by atoms with E-state index < -0.39 is 0 Å². The van der Waals surface area contributed by atoms with Crippen molar-refractivity contribution in [3.8, 4) is 17.2 Å². The van der Waals surface area contributed by atoms with E-state index in [0.717, 1.165) is 15.7 Å². The van der Waals surface area contributed by atoms with Crippen LogP contribution in [-0.4, -0.2) is 29.0 Å². The molecule has 0 saturated heterocycles. The highest BCUT2D eigenvalue weighted by Crippen LogP contribution is 2.30. The molecule has 0 atom stereocenters. The summed E-state index contributed by atoms with van der Waals surface area (Å²) in [5.41, 5.74) is 2.47. The molecule has 1 aromatic heterocycles. The van der Waals surface area contributed by atoms with Crippen molar-refractivity contribution in [3.63, 3.8) is 0 Å². The van der Waals surface area contributed by atoms with Crippen molar-refractivity contribution in [2.24, 2.45) is 0 Å². The summed E-state index contributed by atoms with van der Waals surface area (Å²) in [5, 5.41) is 11.2. The van der Waals surface area contributed by atoms with Gasteiger partial charge in [-0.3, -0.25) is 4.79 Å². The molecule has 8 heteroatoms. The van der Waals surface area contributed by atoms with Gasteiger partial charge >= 0.3 is 0 Å². The lowest BCUT2D eigenvalue weighted by molar-refractivity contribution is -0.113. The van der Waals surface area contributed by atoms with E-state index >= 15 is 0 Å². The first-order valence-electron chi connectivity index (χ1n) is 7.72. The number of benzene rings is 2. The maximum absolute atomic E-state index is 12.1. The molecule has 3 rings (SSSR count). The molecule has 1 amide bonds. The molecule has 3 aromatic rings. The van der Waals surface area contributed by atoms with Crippen molar-refractivity contribution in [2.75, 3.05) is 18.2 Å². The van der Waals surface area contributed by atoms with Gasteiger partial charge in [0.15, 0.2) is 0 Å². The molecule has 6 nitrogen and oxygen atoms in total. The van der Waals surface area contributed by atoms with Crippen molar-refractivity contribution >= 4 is 39.3 Å². The molecule has 0 unspecified atom stereocenters. The second kappa shape index (κ2) is 8.37. The third kappa shape index (κ3) is 4.44. The van der Waals surface area contributed by atoms with Gasteiger partial charge in [0.25, 0.3) is 11.1 Å². The molecular formula is C18H16BrN3O3S. The number of anilines is 1. The maximum Gasteiger partial charge on any atom is 0.277 e. The Balaban J connectivity index is 1.62. The predicted molar refractivity (Wildman–Crippen MR) is 105 cm³/mol. The van der Waals surface area contributed by atoms with Crippen LogP contribution >= 0.6 is 27.7 Å². The zero-order valence-corrected chi connectivity index (χ0v) is 16.6. The molecule has 0 bridgehead atoms. The van der Waals surface area contributed by atoms with Gasteiger partial charge in [-0.15, -0.1) is 10.2 Å². The van der Waals surface area contributed by atoms with Crippen LogP contribution in [-0.2, 0) is 4.79 Å². The topological polar surface area (TPSA) is 77.2 Å². The average Bonchev–Trinajstić information content (AvgIpc) is 3.11. The standard InChI is InChI=1S/C18H16BrN3O3S/c1-11-9-12(19)7-8-14(11)20-16(23)10-26-18-22-21-17(25-18)13-5-3-4-6-15(13)24-2/h3-9H,10H2,1-2H3,(H,20,23). The number of amides is 1. The third-order valence-electron chi connectivity index (χ3n) is 3.53. The van der Waals surface area contributed by atoms with Crippen LogP contribution in [0.2, 0.25) is 0 Å². The number of ether oxygens (including phenoxy) is 1. The van der Waals surface area contributed by atoms with Crippen molar-refractivity contribution in [1.82, 2.24) is 10.2 Å². The van der Waals surface area contributed by atoms with E-state index in [0.29, 0.717) is 22.4 Å². The van der Waals surface area contributed by atoms with Crippen molar-refractivity contribution < 1.29 is 13.9 Å². The molecule has 2 aromatic carbocycles. The summed E-state index contributed by atoms with van der Waals surface area (Å²) < 4.78 is 11.9. The summed E-state index contributed by atoms with van der Waals surface area (Å²) in [4.78, 5) is 12.1. The second-order valence-electron chi connectivity index (χ2n) is 5.37. The number of rotatable bonds is 6. The van der Waals surface area contributed by atoms with Gasteiger partial charge in [0.05, 0.1) is 18.4 Å². The summed E-state index contributed by atoms with van der Waals surface area (Å²) >= 11 is 4.59. The van der Waals surface area contributed by atoms with Crippen LogP contribution in [0.1, 0.15) is 5.56 Å². The molecule has 0 aliphatic heterocycles. The quantitative estimate of drug-likeness (QED) is 0.574. The number of para-hydroxylation sites is 1. The van der Waals surface area contributed by atoms with Crippen LogP contribution in [0.5, 0.6) is 5.75 Å². The van der Waals surface area contributed by atoms with E-state index in [-0.39, 0.29) is 11.7 Å². The summed E-state index contributed by atoms with van der Waals surface area (Å²) in [7, 11) is 1.58. The van der Waals surface area contributed by atoms with Gasteiger partial charge in [0, 0.05) is 10.2 Å². The fraction of sp³-hybridized carbons (Fsp3) is 0.167. The number of carbonyl (C=O) groups excluding carboxylic acids is 1. The number of aryl methyl sites for hydroxylation is 1. The molecule has 1 N–H and O–H groups in total. The second-order valence-corrected chi connectivity index (χ2v) is 7.21. The number of methoxy groups -OCH3 is 1. The zero-order valence-electron chi connectivity index (χ0n) is 14.2. The van der Waals surface area contributed by atoms with Gasteiger partial charge in [-0.25, -0.2) is 0 Å². The minimum absolute atomic E-state index is 0.141. The number of hydrogen-bond acceptors (Lipinski definition) is 6. The number of nitrogens with one attached hydrogen (secondary N) is 1. The Labute approximate surface area is 163 Å². The Morgan fingerprint density at radius 3 is 2.85 bits per heavy atom. The summed E-state index contributed by atoms with van der Waals surface area (Å²) in [6.45, 7) is 1.94. The van der Waals surface area contributed by atoms with Crippen LogP contribution in [0, 0.1) is 6.92 Å². The number of carbonyl (C=O) groups is 1. The van der Waals surface area contributed by atoms with Crippen LogP contribution < -0.4 is 10.1 Å². The molecule has 0 spiro atoms. The van der Waals surface area contributed by atoms with Crippen LogP contribution in [0.15, 0.2) is 56.6 Å². The Morgan fingerprint density at radius 2 is 2.08 bits per heavy atom. The summed E-state index contributed by atoms with van der Waals surface area (Å²) in [6, 6.07) is 13.1. The maximum atomic E-state index is 12.1. The number of aromatic nitrogens is 2. The monoisotopic (exact) mass is 433 g/mol. The van der Waals surface area contributed by atoms with E-state index in [1.807, 2.05) is 49.4 Å². The summed E-state index contributed by atoms with van der Waals surface area (Å²) in [5.74, 6) is 1.03. The highest BCUT2D eigenvalue weighted by Gasteiger charge is 2.14. The molecule has 0 saturated carbocycles. The number of thioether (sulfide) groups is 1. The first-order valence-corrected chi connectivity index (χ1v) is 9.50. The van der Waals surface area contributed by atoms with Crippen LogP contribution in [0.25, 0.3) is 11.5 Å². The molecule has 0 radical (unpaired) electrons. The van der Waals surface area contributed by atoms with Gasteiger partial charge in [-0.2, -0.15) is 0 Å². The van der Waals surface area contributed by atoms with Gasteiger partial charge in [-0.05, 0) is 42.8 Å². The lowest BCUT2D eigenvalue weighted by atomic mass is 10.2. The highest BCUT2D eigenvalue weighted by atomic mass is 79.9. The molecule has 26 heavy (non-hydrogen) atoms. The van der Waals surface area contributed by atoms with E-state index in [4.69, 9.17) is 9.15 Å². The molecule has 0 fully saturated rings. The third-order valence-corrected chi connectivity index (χ3v) is 4.84. The Kier molecular flexibility index (Phi) is 5.95.